The third-order valence-electron chi connectivity index (χ3n) is 4.99. The highest BCUT2D eigenvalue weighted by Gasteiger charge is 2.28. The molecule has 0 aliphatic carbocycles. The molecule has 1 saturated heterocycles. The van der Waals surface area contributed by atoms with Gasteiger partial charge in [0.15, 0.2) is 5.78 Å². The average Bonchev–Trinajstić information content (AvgIpc) is 2.63. The molecule has 0 radical (unpaired) electrons. The van der Waals surface area contributed by atoms with Gasteiger partial charge in [0.05, 0.1) is 11.3 Å². The van der Waals surface area contributed by atoms with Crippen LogP contribution in [0.1, 0.15) is 29.8 Å². The van der Waals surface area contributed by atoms with E-state index in [0.29, 0.717) is 30.9 Å². The van der Waals surface area contributed by atoms with E-state index in [1.807, 2.05) is 42.2 Å². The molecule has 1 atom stereocenters. The van der Waals surface area contributed by atoms with E-state index < -0.39 is 5.60 Å². The van der Waals surface area contributed by atoms with Crippen LogP contribution in [0.5, 0.6) is 0 Å². The Kier molecular flexibility index (Phi) is 5.39. The van der Waals surface area contributed by atoms with E-state index in [1.165, 1.54) is 13.0 Å². The van der Waals surface area contributed by atoms with Gasteiger partial charge in [0.25, 0.3) is 0 Å². The summed E-state index contributed by atoms with van der Waals surface area (Å²) in [7, 11) is 0. The van der Waals surface area contributed by atoms with Gasteiger partial charge in [0.1, 0.15) is 5.82 Å². The van der Waals surface area contributed by atoms with Gasteiger partial charge in [-0.1, -0.05) is 30.3 Å². The normalized spacial score (nSPS) is 17.8. The SMILES string of the molecule is CC(=O)c1ccc(N2CCN(C[C@@](C)(O)c3ccccc3)CC2)c(F)c1. The van der Waals surface area contributed by atoms with Gasteiger partial charge in [0.2, 0.25) is 0 Å². The molecule has 0 spiro atoms. The van der Waals surface area contributed by atoms with Gasteiger partial charge < -0.3 is 10.0 Å². The number of halogens is 1. The molecule has 0 saturated carbocycles. The second-order valence-electron chi connectivity index (χ2n) is 7.13. The van der Waals surface area contributed by atoms with Gasteiger partial charge in [-0.25, -0.2) is 4.39 Å². The number of aliphatic hydroxyl groups is 1. The van der Waals surface area contributed by atoms with Crippen molar-refractivity contribution in [2.45, 2.75) is 19.4 Å². The van der Waals surface area contributed by atoms with Crippen molar-refractivity contribution < 1.29 is 14.3 Å². The predicted molar refractivity (Wildman–Crippen MR) is 101 cm³/mol. The van der Waals surface area contributed by atoms with Crippen LogP contribution in [0.3, 0.4) is 0 Å². The van der Waals surface area contributed by atoms with Crippen LogP contribution in [0.4, 0.5) is 10.1 Å². The summed E-state index contributed by atoms with van der Waals surface area (Å²) in [5, 5.41) is 10.8. The Morgan fingerprint density at radius 3 is 2.35 bits per heavy atom. The highest BCUT2D eigenvalue weighted by molar-refractivity contribution is 5.94. The van der Waals surface area contributed by atoms with Crippen molar-refractivity contribution in [3.8, 4) is 0 Å². The van der Waals surface area contributed by atoms with Crippen molar-refractivity contribution in [3.63, 3.8) is 0 Å². The molecule has 0 amide bonds. The second-order valence-corrected chi connectivity index (χ2v) is 7.13. The molecule has 3 rings (SSSR count). The lowest BCUT2D eigenvalue weighted by Crippen LogP contribution is -2.50. The fraction of sp³-hybridized carbons (Fsp3) is 0.381. The molecule has 1 aliphatic heterocycles. The second kappa shape index (κ2) is 7.56. The number of ketones is 1. The lowest BCUT2D eigenvalue weighted by Gasteiger charge is -2.39. The standard InChI is InChI=1S/C21H25FN2O2/c1-16(25)17-8-9-20(19(22)14-17)24-12-10-23(11-13-24)15-21(2,26)18-6-4-3-5-7-18/h3-9,14,26H,10-13,15H2,1-2H3/t21-/m1/s1. The number of piperazine rings is 1. The van der Waals surface area contributed by atoms with E-state index in [-0.39, 0.29) is 11.6 Å². The average molecular weight is 356 g/mol. The van der Waals surface area contributed by atoms with Crippen LogP contribution in [0.15, 0.2) is 48.5 Å². The van der Waals surface area contributed by atoms with Crippen molar-refractivity contribution >= 4 is 11.5 Å². The first-order valence-corrected chi connectivity index (χ1v) is 8.92. The van der Waals surface area contributed by atoms with Gasteiger partial charge in [-0.05, 0) is 37.6 Å². The summed E-state index contributed by atoms with van der Waals surface area (Å²) in [6, 6.07) is 14.3. The maximum Gasteiger partial charge on any atom is 0.159 e. The zero-order chi connectivity index (χ0) is 18.7. The van der Waals surface area contributed by atoms with Gasteiger partial charge >= 0.3 is 0 Å². The Hall–Kier alpha value is -2.24. The van der Waals surface area contributed by atoms with Gasteiger partial charge in [-0.2, -0.15) is 0 Å². The van der Waals surface area contributed by atoms with Crippen LogP contribution in [0, 0.1) is 5.82 Å². The Bertz CT molecular complexity index is 769. The molecule has 2 aromatic carbocycles. The molecule has 0 unspecified atom stereocenters. The summed E-state index contributed by atoms with van der Waals surface area (Å²) in [6.45, 7) is 6.66. The molecule has 1 N–H and O–H groups in total. The number of hydrogen-bond acceptors (Lipinski definition) is 4. The van der Waals surface area contributed by atoms with Crippen molar-refractivity contribution in [1.82, 2.24) is 4.90 Å². The molecule has 1 fully saturated rings. The lowest BCUT2D eigenvalue weighted by molar-refractivity contribution is 0.0143. The van der Waals surface area contributed by atoms with E-state index in [4.69, 9.17) is 0 Å². The molecular formula is C21H25FN2O2. The Labute approximate surface area is 153 Å². The summed E-state index contributed by atoms with van der Waals surface area (Å²) >= 11 is 0. The first-order valence-electron chi connectivity index (χ1n) is 8.92. The maximum absolute atomic E-state index is 14.3. The van der Waals surface area contributed by atoms with Crippen LogP contribution in [0.2, 0.25) is 0 Å². The molecule has 5 heteroatoms. The minimum absolute atomic E-state index is 0.136. The van der Waals surface area contributed by atoms with Gasteiger partial charge in [0, 0.05) is 38.3 Å². The molecule has 138 valence electrons. The number of β-amino-alcohol motifs (C(OH)–C–C–N with tert-alkyl or cyclic N) is 1. The lowest BCUT2D eigenvalue weighted by atomic mass is 9.95. The molecule has 26 heavy (non-hydrogen) atoms. The number of hydrogen-bond donors (Lipinski definition) is 1. The number of nitrogens with zero attached hydrogens (tertiary/aromatic N) is 2. The van der Waals surface area contributed by atoms with E-state index in [9.17, 15) is 14.3 Å². The molecular weight excluding hydrogens is 331 g/mol. The number of carbonyl (C=O) groups is 1. The first-order chi connectivity index (χ1) is 12.4. The number of benzene rings is 2. The predicted octanol–water partition coefficient (Wildman–Crippen LogP) is 3.06. The number of carbonyl (C=O) groups excluding carboxylic acids is 1. The molecule has 0 bridgehead atoms. The minimum Gasteiger partial charge on any atom is -0.384 e. The van der Waals surface area contributed by atoms with E-state index in [1.54, 1.807) is 12.1 Å². The smallest absolute Gasteiger partial charge is 0.159 e. The Morgan fingerprint density at radius 2 is 1.77 bits per heavy atom. The number of rotatable bonds is 5. The highest BCUT2D eigenvalue weighted by atomic mass is 19.1. The maximum atomic E-state index is 14.3. The van der Waals surface area contributed by atoms with Crippen molar-refractivity contribution in [2.75, 3.05) is 37.6 Å². The fourth-order valence-corrected chi connectivity index (χ4v) is 3.45. The van der Waals surface area contributed by atoms with Gasteiger partial charge in [-0.15, -0.1) is 0 Å². The zero-order valence-corrected chi connectivity index (χ0v) is 15.3. The molecule has 4 nitrogen and oxygen atoms in total. The highest BCUT2D eigenvalue weighted by Crippen LogP contribution is 2.25. The topological polar surface area (TPSA) is 43.8 Å². The van der Waals surface area contributed by atoms with E-state index in [0.717, 1.165) is 18.7 Å². The molecule has 0 aromatic heterocycles. The van der Waals surface area contributed by atoms with E-state index in [2.05, 4.69) is 4.90 Å². The van der Waals surface area contributed by atoms with E-state index >= 15 is 0 Å². The number of anilines is 1. The monoisotopic (exact) mass is 356 g/mol. The Morgan fingerprint density at radius 1 is 1.12 bits per heavy atom. The Balaban J connectivity index is 1.62. The van der Waals surface area contributed by atoms with Crippen molar-refractivity contribution in [2.24, 2.45) is 0 Å². The van der Waals surface area contributed by atoms with Crippen LogP contribution >= 0.6 is 0 Å². The van der Waals surface area contributed by atoms with Crippen molar-refractivity contribution in [3.05, 3.63) is 65.5 Å². The van der Waals surface area contributed by atoms with Crippen LogP contribution in [-0.4, -0.2) is 48.5 Å². The molecule has 2 aromatic rings. The molecule has 1 aliphatic rings. The van der Waals surface area contributed by atoms with Crippen LogP contribution in [0.25, 0.3) is 0 Å². The third-order valence-corrected chi connectivity index (χ3v) is 4.99. The number of Topliss-reactive ketones (excluding diaryl/α,β-unsaturated/α-hetero) is 1. The fourth-order valence-electron chi connectivity index (χ4n) is 3.45. The minimum atomic E-state index is -0.919. The first kappa shape index (κ1) is 18.5. The largest absolute Gasteiger partial charge is 0.384 e. The quantitative estimate of drug-likeness (QED) is 0.837. The summed E-state index contributed by atoms with van der Waals surface area (Å²) in [4.78, 5) is 15.6. The summed E-state index contributed by atoms with van der Waals surface area (Å²) in [5.74, 6) is -0.495. The van der Waals surface area contributed by atoms with Crippen molar-refractivity contribution in [1.29, 1.82) is 0 Å². The molecule has 1 heterocycles. The van der Waals surface area contributed by atoms with Crippen LogP contribution < -0.4 is 4.90 Å². The zero-order valence-electron chi connectivity index (χ0n) is 15.3. The summed E-state index contributed by atoms with van der Waals surface area (Å²) in [6.07, 6.45) is 0. The third kappa shape index (κ3) is 4.11. The summed E-state index contributed by atoms with van der Waals surface area (Å²) < 4.78 is 14.3. The van der Waals surface area contributed by atoms with Gasteiger partial charge in [-0.3, -0.25) is 9.69 Å². The summed E-state index contributed by atoms with van der Waals surface area (Å²) in [5.41, 5.74) is 0.902. The van der Waals surface area contributed by atoms with Crippen LogP contribution in [-0.2, 0) is 5.60 Å².